The van der Waals surface area contributed by atoms with Crippen molar-refractivity contribution in [3.63, 3.8) is 0 Å². The zero-order valence-corrected chi connectivity index (χ0v) is 22.0. The summed E-state index contributed by atoms with van der Waals surface area (Å²) >= 11 is 1.37. The maximum absolute atomic E-state index is 14.8. The largest absolute Gasteiger partial charge is 0.331 e. The lowest BCUT2D eigenvalue weighted by Gasteiger charge is -2.12. The van der Waals surface area contributed by atoms with Crippen molar-refractivity contribution in [1.82, 2.24) is 24.9 Å². The van der Waals surface area contributed by atoms with Crippen LogP contribution in [0.25, 0.3) is 21.8 Å². The molecule has 0 unspecified atom stereocenters. The molecule has 200 valence electrons. The van der Waals surface area contributed by atoms with Gasteiger partial charge in [-0.2, -0.15) is 0 Å². The smallest absolute Gasteiger partial charge is 0.267 e. The molecular weight excluding hydrogens is 551 g/mol. The third kappa shape index (κ3) is 5.47. The van der Waals surface area contributed by atoms with Crippen LogP contribution in [0.2, 0.25) is 0 Å². The summed E-state index contributed by atoms with van der Waals surface area (Å²) in [5.41, 5.74) is 0.797. The second kappa shape index (κ2) is 10.5. The number of benzene rings is 2. The number of imidazole rings is 1. The van der Waals surface area contributed by atoms with Crippen LogP contribution in [0.5, 0.6) is 0 Å². The molecule has 0 atom stereocenters. The van der Waals surface area contributed by atoms with Gasteiger partial charge in [-0.1, -0.05) is 19.9 Å². The maximum Gasteiger partial charge on any atom is 0.267 e. The number of rotatable bonds is 8. The van der Waals surface area contributed by atoms with Gasteiger partial charge in [-0.05, 0) is 36.4 Å². The number of nitrogens with zero attached hydrogens (tertiary/aromatic N) is 4. The molecular formula is C25H20F3N7O2S2. The molecule has 14 heteroatoms. The molecule has 0 aliphatic carbocycles. The fourth-order valence-corrected chi connectivity index (χ4v) is 5.88. The van der Waals surface area contributed by atoms with E-state index in [9.17, 15) is 21.6 Å². The van der Waals surface area contributed by atoms with Crippen molar-refractivity contribution in [1.29, 1.82) is 0 Å². The molecule has 0 amide bonds. The van der Waals surface area contributed by atoms with E-state index in [2.05, 4.69) is 25.3 Å². The molecule has 3 heterocycles. The molecule has 5 aromatic rings. The number of aromatic nitrogens is 5. The normalized spacial score (nSPS) is 11.6. The predicted octanol–water partition coefficient (Wildman–Crippen LogP) is 6.08. The number of nitrogens with one attached hydrogen (secondary N) is 3. The minimum atomic E-state index is -4.79. The molecule has 0 bridgehead atoms. The van der Waals surface area contributed by atoms with Crippen LogP contribution < -0.4 is 10.0 Å². The van der Waals surface area contributed by atoms with Crippen molar-refractivity contribution in [2.24, 2.45) is 0 Å². The average molecular weight is 572 g/mol. The van der Waals surface area contributed by atoms with Crippen molar-refractivity contribution in [2.75, 3.05) is 10.0 Å². The van der Waals surface area contributed by atoms with Gasteiger partial charge in [0.1, 0.15) is 17.5 Å². The number of hydrogen-bond acceptors (Lipinski definition) is 8. The van der Waals surface area contributed by atoms with E-state index < -0.39 is 38.1 Å². The van der Waals surface area contributed by atoms with E-state index in [1.54, 1.807) is 24.7 Å². The number of hydrogen-bond donors (Lipinski definition) is 3. The fraction of sp³-hybridized carbons (Fsp3) is 0.120. The summed E-state index contributed by atoms with van der Waals surface area (Å²) in [6.07, 6.45) is 4.77. The van der Waals surface area contributed by atoms with E-state index >= 15 is 0 Å². The first kappa shape index (κ1) is 26.3. The van der Waals surface area contributed by atoms with Crippen LogP contribution in [0.15, 0.2) is 66.0 Å². The molecule has 0 spiro atoms. The highest BCUT2D eigenvalue weighted by molar-refractivity contribution is 7.92. The highest BCUT2D eigenvalue weighted by atomic mass is 32.2. The Morgan fingerprint density at radius 3 is 2.41 bits per heavy atom. The summed E-state index contributed by atoms with van der Waals surface area (Å²) in [6, 6.07) is 8.02. The molecule has 3 N–H and O–H groups in total. The van der Waals surface area contributed by atoms with Crippen LogP contribution in [0.3, 0.4) is 0 Å². The minimum absolute atomic E-state index is 0.0486. The average Bonchev–Trinajstić information content (AvgIpc) is 3.56. The van der Waals surface area contributed by atoms with Gasteiger partial charge >= 0.3 is 0 Å². The number of aromatic amines is 1. The second-order valence-electron chi connectivity index (χ2n) is 8.56. The van der Waals surface area contributed by atoms with E-state index in [0.717, 1.165) is 29.3 Å². The van der Waals surface area contributed by atoms with E-state index in [-0.39, 0.29) is 11.9 Å². The van der Waals surface area contributed by atoms with Gasteiger partial charge < -0.3 is 4.98 Å². The van der Waals surface area contributed by atoms with Crippen molar-refractivity contribution in [3.05, 3.63) is 83.5 Å². The Balaban J connectivity index is 1.56. The number of halogens is 3. The van der Waals surface area contributed by atoms with Gasteiger partial charge in [-0.15, -0.1) is 11.3 Å². The first-order chi connectivity index (χ1) is 18.6. The molecule has 9 nitrogen and oxygen atoms in total. The topological polar surface area (TPSA) is 126 Å². The van der Waals surface area contributed by atoms with Crippen LogP contribution in [-0.4, -0.2) is 33.3 Å². The lowest BCUT2D eigenvalue weighted by atomic mass is 10.1. The van der Waals surface area contributed by atoms with Gasteiger partial charge in [0.15, 0.2) is 4.90 Å². The Hall–Kier alpha value is -4.30. The Labute approximate surface area is 225 Å². The zero-order valence-electron chi connectivity index (χ0n) is 20.4. The summed E-state index contributed by atoms with van der Waals surface area (Å²) in [6.45, 7) is 3.92. The van der Waals surface area contributed by atoms with Gasteiger partial charge in [0.25, 0.3) is 10.0 Å². The van der Waals surface area contributed by atoms with E-state index in [1.807, 2.05) is 18.6 Å². The third-order valence-electron chi connectivity index (χ3n) is 5.43. The number of anilines is 3. The summed E-state index contributed by atoms with van der Waals surface area (Å²) in [7, 11) is -4.79. The second-order valence-corrected chi connectivity index (χ2v) is 11.2. The minimum Gasteiger partial charge on any atom is -0.331 e. The molecule has 0 aliphatic heterocycles. The Morgan fingerprint density at radius 2 is 1.72 bits per heavy atom. The quantitative estimate of drug-likeness (QED) is 0.206. The molecule has 39 heavy (non-hydrogen) atoms. The van der Waals surface area contributed by atoms with E-state index in [1.165, 1.54) is 23.5 Å². The molecule has 0 saturated carbocycles. The summed E-state index contributed by atoms with van der Waals surface area (Å²) < 4.78 is 70.7. The van der Waals surface area contributed by atoms with Crippen molar-refractivity contribution in [2.45, 2.75) is 24.7 Å². The number of sulfonamides is 1. The Bertz CT molecular complexity index is 1740. The molecule has 0 aliphatic rings. The summed E-state index contributed by atoms with van der Waals surface area (Å²) in [5.74, 6) is -2.77. The Morgan fingerprint density at radius 1 is 0.949 bits per heavy atom. The van der Waals surface area contributed by atoms with Gasteiger partial charge in [-0.25, -0.2) is 41.5 Å². The monoisotopic (exact) mass is 571 g/mol. The highest BCUT2D eigenvalue weighted by Gasteiger charge is 2.26. The lowest BCUT2D eigenvalue weighted by Crippen LogP contribution is -2.17. The van der Waals surface area contributed by atoms with Gasteiger partial charge in [0, 0.05) is 30.1 Å². The van der Waals surface area contributed by atoms with Crippen LogP contribution in [0.4, 0.5) is 30.8 Å². The van der Waals surface area contributed by atoms with Crippen molar-refractivity contribution >= 4 is 38.9 Å². The third-order valence-corrected chi connectivity index (χ3v) is 8.22. The molecule has 5 rings (SSSR count). The first-order valence-electron chi connectivity index (χ1n) is 11.5. The maximum atomic E-state index is 14.8. The van der Waals surface area contributed by atoms with E-state index in [4.69, 9.17) is 4.98 Å². The standard InChI is InChI=1S/C25H20F3N7O2S2/c1-13(2)23-33-20(21(38-23)18-8-9-29-25(32-18)34-24-30-10-11-31-24)14-6-7-15(26)19(12-14)35-39(36,37)22-16(27)4-3-5-17(22)28/h3-13,35H,1-2H3,(H2,29,30,31,32,34). The van der Waals surface area contributed by atoms with Crippen molar-refractivity contribution < 1.29 is 21.6 Å². The summed E-state index contributed by atoms with van der Waals surface area (Å²) in [5, 5.41) is 3.72. The first-order valence-corrected chi connectivity index (χ1v) is 13.8. The molecule has 3 aromatic heterocycles. The predicted molar refractivity (Wildman–Crippen MR) is 142 cm³/mol. The summed E-state index contributed by atoms with van der Waals surface area (Å²) in [4.78, 5) is 19.9. The van der Waals surface area contributed by atoms with Crippen LogP contribution in [0.1, 0.15) is 24.8 Å². The van der Waals surface area contributed by atoms with Crippen LogP contribution in [-0.2, 0) is 10.0 Å². The fourth-order valence-electron chi connectivity index (χ4n) is 3.62. The molecule has 0 radical (unpaired) electrons. The molecule has 2 aromatic carbocycles. The molecule has 0 fully saturated rings. The SMILES string of the molecule is CC(C)c1nc(-c2ccc(F)c(NS(=O)(=O)c3c(F)cccc3F)c2)c(-c2ccnc(Nc3ncc[nH]3)n2)s1. The zero-order chi connectivity index (χ0) is 27.7. The van der Waals surface area contributed by atoms with E-state index in [0.29, 0.717) is 27.8 Å². The number of thiazole rings is 1. The highest BCUT2D eigenvalue weighted by Crippen LogP contribution is 2.40. The number of H-pyrrole nitrogens is 1. The van der Waals surface area contributed by atoms with Crippen molar-refractivity contribution in [3.8, 4) is 21.8 Å². The van der Waals surface area contributed by atoms with Crippen LogP contribution >= 0.6 is 11.3 Å². The Kier molecular flexibility index (Phi) is 7.06. The molecule has 0 saturated heterocycles. The van der Waals surface area contributed by atoms with Gasteiger partial charge in [-0.3, -0.25) is 10.0 Å². The van der Waals surface area contributed by atoms with Crippen LogP contribution in [0, 0.1) is 17.5 Å². The van der Waals surface area contributed by atoms with Gasteiger partial charge in [0.2, 0.25) is 11.9 Å². The lowest BCUT2D eigenvalue weighted by molar-refractivity contribution is 0.521. The van der Waals surface area contributed by atoms with Gasteiger partial charge in [0.05, 0.1) is 27.0 Å².